The van der Waals surface area contributed by atoms with E-state index in [1.807, 2.05) is 13.8 Å². The van der Waals surface area contributed by atoms with Crippen LogP contribution in [-0.2, 0) is 24.6 Å². The van der Waals surface area contributed by atoms with E-state index in [0.717, 1.165) is 0 Å². The highest BCUT2D eigenvalue weighted by Gasteiger charge is 2.25. The van der Waals surface area contributed by atoms with Gasteiger partial charge in [-0.2, -0.15) is 5.10 Å². The summed E-state index contributed by atoms with van der Waals surface area (Å²) in [6.07, 6.45) is 0.328. The van der Waals surface area contributed by atoms with Crippen LogP contribution in [0.3, 0.4) is 0 Å². The molecule has 1 aromatic heterocycles. The van der Waals surface area contributed by atoms with E-state index in [1.54, 1.807) is 32.0 Å². The number of ether oxygens (including phenoxy) is 1. The first-order chi connectivity index (χ1) is 14.2. The van der Waals surface area contributed by atoms with E-state index < -0.39 is 7.82 Å². The second-order valence-electron chi connectivity index (χ2n) is 6.51. The highest BCUT2D eigenvalue weighted by molar-refractivity contribution is 7.48. The van der Waals surface area contributed by atoms with Gasteiger partial charge in [-0.1, -0.05) is 37.0 Å². The first kappa shape index (κ1) is 24.9. The van der Waals surface area contributed by atoms with Crippen molar-refractivity contribution < 1.29 is 22.9 Å². The van der Waals surface area contributed by atoms with Crippen molar-refractivity contribution >= 4 is 31.0 Å². The molecule has 0 atom stereocenters. The van der Waals surface area contributed by atoms with Crippen molar-refractivity contribution in [2.45, 2.75) is 40.0 Å². The molecule has 2 rings (SSSR count). The van der Waals surface area contributed by atoms with Crippen LogP contribution >= 0.6 is 31.0 Å². The molecule has 11 heteroatoms. The molecule has 0 radical (unpaired) electrons. The monoisotopic (exact) mass is 478 g/mol. The third-order valence-corrected chi connectivity index (χ3v) is 6.24. The third-order valence-electron chi connectivity index (χ3n) is 3.99. The Balaban J connectivity index is 2.11. The first-order valence-corrected chi connectivity index (χ1v) is 11.6. The van der Waals surface area contributed by atoms with Crippen molar-refractivity contribution in [3.8, 4) is 5.75 Å². The van der Waals surface area contributed by atoms with Crippen LogP contribution in [-0.4, -0.2) is 30.2 Å². The van der Waals surface area contributed by atoms with Gasteiger partial charge < -0.3 is 4.74 Å². The minimum absolute atomic E-state index is 0.0570. The number of H-pyrrole nitrogens is 1. The molecule has 0 bridgehead atoms. The maximum Gasteiger partial charge on any atom is 0.477 e. The molecule has 0 aliphatic rings. The predicted octanol–water partition coefficient (Wildman–Crippen LogP) is 5.32. The van der Waals surface area contributed by atoms with Crippen LogP contribution in [0, 0.1) is 0 Å². The summed E-state index contributed by atoms with van der Waals surface area (Å²) in [6.45, 7) is 7.17. The van der Waals surface area contributed by atoms with Crippen molar-refractivity contribution in [3.05, 3.63) is 55.4 Å². The minimum atomic E-state index is -3.68. The van der Waals surface area contributed by atoms with Gasteiger partial charge in [0.1, 0.15) is 5.75 Å². The molecule has 166 valence electrons. The lowest BCUT2D eigenvalue weighted by Crippen LogP contribution is -2.17. The summed E-state index contributed by atoms with van der Waals surface area (Å²) < 4.78 is 32.9. The molecule has 1 aromatic carbocycles. The molecule has 1 N–H and O–H groups in total. The smallest absolute Gasteiger partial charge is 0.467 e. The molecule has 0 amide bonds. The number of rotatable bonds is 11. The Labute approximate surface area is 185 Å². The number of phosphoric ester groups is 1. The van der Waals surface area contributed by atoms with E-state index in [1.165, 1.54) is 0 Å². The van der Waals surface area contributed by atoms with E-state index in [9.17, 15) is 9.36 Å². The Morgan fingerprint density at radius 2 is 1.67 bits per heavy atom. The van der Waals surface area contributed by atoms with Crippen molar-refractivity contribution in [2.24, 2.45) is 0 Å². The molecule has 2 aromatic rings. The number of phosphoric acid groups is 1. The van der Waals surface area contributed by atoms with E-state index in [0.29, 0.717) is 39.0 Å². The molecule has 0 spiro atoms. The van der Waals surface area contributed by atoms with Gasteiger partial charge in [-0.05, 0) is 43.5 Å². The zero-order chi connectivity index (χ0) is 22.3. The Hall–Kier alpha value is -1.41. The molecule has 0 saturated heterocycles. The van der Waals surface area contributed by atoms with Crippen molar-refractivity contribution in [1.82, 2.24) is 10.2 Å². The van der Waals surface area contributed by atoms with Crippen LogP contribution in [0.25, 0.3) is 0 Å². The van der Waals surface area contributed by atoms with Crippen molar-refractivity contribution in [2.75, 3.05) is 20.0 Å². The quantitative estimate of drug-likeness (QED) is 0.344. The number of hydrogen-bond acceptors (Lipinski definition) is 7. The molecular weight excluding hydrogens is 454 g/mol. The zero-order valence-electron chi connectivity index (χ0n) is 17.2. The summed E-state index contributed by atoms with van der Waals surface area (Å²) in [4.78, 5) is 11.9. The van der Waals surface area contributed by atoms with Crippen LogP contribution in [0.2, 0.25) is 10.0 Å². The molecule has 8 nitrogen and oxygen atoms in total. The average Bonchev–Trinajstić information content (AvgIpc) is 2.66. The van der Waals surface area contributed by atoms with Gasteiger partial charge in [-0.15, -0.1) is 0 Å². The lowest BCUT2D eigenvalue weighted by molar-refractivity contribution is 0.0538. The molecule has 0 fully saturated rings. The van der Waals surface area contributed by atoms with Crippen LogP contribution in [0.5, 0.6) is 5.75 Å². The maximum absolute atomic E-state index is 12.3. The van der Waals surface area contributed by atoms with E-state index in [-0.39, 0.29) is 31.5 Å². The van der Waals surface area contributed by atoms with Gasteiger partial charge in [-0.25, -0.2) is 14.2 Å². The Morgan fingerprint density at radius 1 is 1.07 bits per heavy atom. The third kappa shape index (κ3) is 6.80. The molecule has 30 heavy (non-hydrogen) atoms. The number of nitrogens with zero attached hydrogens (tertiary/aromatic N) is 1. The lowest BCUT2D eigenvalue weighted by Gasteiger charge is -2.17. The topological polar surface area (TPSA) is 99.7 Å². The van der Waals surface area contributed by atoms with Gasteiger partial charge in [0.2, 0.25) is 0 Å². The fourth-order valence-electron chi connectivity index (χ4n) is 2.58. The van der Waals surface area contributed by atoms with Crippen LogP contribution < -0.4 is 10.3 Å². The number of aromatic nitrogens is 2. The Morgan fingerprint density at radius 3 is 2.20 bits per heavy atom. The number of nitrogens with one attached hydrogen (secondary N) is 1. The minimum Gasteiger partial charge on any atom is -0.467 e. The van der Waals surface area contributed by atoms with Crippen LogP contribution in [0.4, 0.5) is 0 Å². The maximum atomic E-state index is 12.3. The van der Waals surface area contributed by atoms with Gasteiger partial charge in [0.25, 0.3) is 5.56 Å². The van der Waals surface area contributed by atoms with Gasteiger partial charge in [0.05, 0.1) is 18.9 Å². The molecule has 0 aliphatic heterocycles. The van der Waals surface area contributed by atoms with Crippen LogP contribution in [0.1, 0.15) is 50.4 Å². The molecular formula is C19H25Cl2N2O6P. The van der Waals surface area contributed by atoms with Crippen molar-refractivity contribution in [3.63, 3.8) is 0 Å². The SMILES string of the molecule is CCOP(=O)(OCC)OCOc1cc(Cl)c(Cc2cc(C(C)C)c(=O)[nH]n2)c(Cl)c1. The first-order valence-electron chi connectivity index (χ1n) is 9.42. The fourth-order valence-corrected chi connectivity index (χ4v) is 4.22. The number of hydrogen-bond donors (Lipinski definition) is 1. The number of benzene rings is 1. The predicted molar refractivity (Wildman–Crippen MR) is 116 cm³/mol. The summed E-state index contributed by atoms with van der Waals surface area (Å²) in [5, 5.41) is 7.28. The van der Waals surface area contributed by atoms with Gasteiger partial charge in [0.15, 0.2) is 6.79 Å². The second-order valence-corrected chi connectivity index (χ2v) is 9.00. The summed E-state index contributed by atoms with van der Waals surface area (Å²) in [6, 6.07) is 4.87. The van der Waals surface area contributed by atoms with E-state index in [2.05, 4.69) is 10.2 Å². The molecule has 1 heterocycles. The summed E-state index contributed by atoms with van der Waals surface area (Å²) >= 11 is 12.8. The lowest BCUT2D eigenvalue weighted by atomic mass is 10.0. The highest BCUT2D eigenvalue weighted by atomic mass is 35.5. The van der Waals surface area contributed by atoms with Gasteiger partial charge >= 0.3 is 7.82 Å². The second kappa shape index (κ2) is 11.3. The molecule has 0 unspecified atom stereocenters. The van der Waals surface area contributed by atoms with E-state index in [4.69, 9.17) is 41.5 Å². The Bertz CT molecular complexity index is 933. The average molecular weight is 479 g/mol. The van der Waals surface area contributed by atoms with Crippen molar-refractivity contribution in [1.29, 1.82) is 0 Å². The van der Waals surface area contributed by atoms with Gasteiger partial charge in [0, 0.05) is 22.0 Å². The standard InChI is InChI=1S/C19H25Cl2N2O6P/c1-5-27-30(25,28-6-2)29-11-26-14-9-17(20)16(18(21)10-14)8-13-7-15(12(3)4)19(24)23-22-13/h7,9-10,12H,5-6,8,11H2,1-4H3,(H,23,24). The fraction of sp³-hybridized carbons (Fsp3) is 0.474. The normalized spacial score (nSPS) is 11.8. The van der Waals surface area contributed by atoms with Gasteiger partial charge in [-0.3, -0.25) is 13.8 Å². The largest absolute Gasteiger partial charge is 0.477 e. The Kier molecular flexibility index (Phi) is 9.34. The molecule has 0 saturated carbocycles. The number of halogens is 2. The number of aromatic amines is 1. The van der Waals surface area contributed by atoms with Crippen LogP contribution in [0.15, 0.2) is 23.0 Å². The summed E-state index contributed by atoms with van der Waals surface area (Å²) in [5.41, 5.74) is 1.69. The zero-order valence-corrected chi connectivity index (χ0v) is 19.6. The summed E-state index contributed by atoms with van der Waals surface area (Å²) in [7, 11) is -3.68. The molecule has 0 aliphatic carbocycles. The highest BCUT2D eigenvalue weighted by Crippen LogP contribution is 2.49. The summed E-state index contributed by atoms with van der Waals surface area (Å²) in [5.74, 6) is 0.382. The van der Waals surface area contributed by atoms with E-state index >= 15 is 0 Å².